The van der Waals surface area contributed by atoms with Crippen molar-refractivity contribution in [1.29, 1.82) is 0 Å². The molecular weight excluding hydrogens is 208 g/mol. The topological polar surface area (TPSA) is 9.23 Å². The van der Waals surface area contributed by atoms with E-state index in [1.54, 1.807) is 0 Å². The highest BCUT2D eigenvalue weighted by Crippen LogP contribution is 2.26. The minimum absolute atomic E-state index is 0.790. The second-order valence-electron chi connectivity index (χ2n) is 4.04. The van der Waals surface area contributed by atoms with Crippen molar-refractivity contribution < 1.29 is 4.74 Å². The quantitative estimate of drug-likeness (QED) is 0.549. The van der Waals surface area contributed by atoms with Crippen molar-refractivity contribution in [3.63, 3.8) is 0 Å². The summed E-state index contributed by atoms with van der Waals surface area (Å²) in [5, 5.41) is 0. The monoisotopic (exact) mass is 224 g/mol. The Labute approximate surface area is 96.4 Å². The predicted octanol–water partition coefficient (Wildman–Crippen LogP) is 3.57. The lowest BCUT2D eigenvalue weighted by Crippen LogP contribution is -1.88. The van der Waals surface area contributed by atoms with E-state index in [1.165, 1.54) is 30.4 Å². The standard InChI is InChI=1S/C13H17ClO/c14-8-3-1-2-4-11-5-6-13-12(10-11)7-9-15-13/h5-6,10H,1-4,7-9H2. The molecule has 1 aromatic carbocycles. The fourth-order valence-corrected chi connectivity index (χ4v) is 2.18. The first-order chi connectivity index (χ1) is 7.40. The number of fused-ring (bicyclic) bond motifs is 1. The van der Waals surface area contributed by atoms with Gasteiger partial charge in [-0.3, -0.25) is 0 Å². The molecule has 0 aromatic heterocycles. The number of hydrogen-bond acceptors (Lipinski definition) is 1. The van der Waals surface area contributed by atoms with E-state index >= 15 is 0 Å². The van der Waals surface area contributed by atoms with E-state index < -0.39 is 0 Å². The summed E-state index contributed by atoms with van der Waals surface area (Å²) in [7, 11) is 0. The van der Waals surface area contributed by atoms with Crippen molar-refractivity contribution in [1.82, 2.24) is 0 Å². The summed E-state index contributed by atoms with van der Waals surface area (Å²) in [4.78, 5) is 0. The van der Waals surface area contributed by atoms with E-state index in [9.17, 15) is 0 Å². The van der Waals surface area contributed by atoms with Crippen molar-refractivity contribution in [2.24, 2.45) is 0 Å². The summed E-state index contributed by atoms with van der Waals surface area (Å²) in [6.07, 6.45) is 5.86. The Hall–Kier alpha value is -0.690. The van der Waals surface area contributed by atoms with Gasteiger partial charge in [-0.05, 0) is 36.5 Å². The number of alkyl halides is 1. The molecule has 0 N–H and O–H groups in total. The van der Waals surface area contributed by atoms with Crippen LogP contribution < -0.4 is 4.74 Å². The second-order valence-corrected chi connectivity index (χ2v) is 4.42. The van der Waals surface area contributed by atoms with Gasteiger partial charge in [0, 0.05) is 12.3 Å². The summed E-state index contributed by atoms with van der Waals surface area (Å²) < 4.78 is 5.48. The summed E-state index contributed by atoms with van der Waals surface area (Å²) >= 11 is 5.64. The van der Waals surface area contributed by atoms with Gasteiger partial charge in [-0.25, -0.2) is 0 Å². The molecule has 1 aliphatic heterocycles. The predicted molar refractivity (Wildman–Crippen MR) is 63.9 cm³/mol. The molecule has 82 valence electrons. The molecule has 0 amide bonds. The molecule has 2 rings (SSSR count). The van der Waals surface area contributed by atoms with Crippen molar-refractivity contribution in [3.05, 3.63) is 29.3 Å². The highest BCUT2D eigenvalue weighted by Gasteiger charge is 2.11. The van der Waals surface area contributed by atoms with Crippen molar-refractivity contribution in [2.45, 2.75) is 32.1 Å². The van der Waals surface area contributed by atoms with Crippen LogP contribution in [0.1, 0.15) is 30.4 Å². The first-order valence-corrected chi connectivity index (χ1v) is 6.24. The lowest BCUT2D eigenvalue weighted by atomic mass is 10.0. The van der Waals surface area contributed by atoms with Crippen LogP contribution in [0.2, 0.25) is 0 Å². The second kappa shape index (κ2) is 5.41. The van der Waals surface area contributed by atoms with Crippen molar-refractivity contribution >= 4 is 11.6 Å². The molecule has 1 aromatic rings. The first-order valence-electron chi connectivity index (χ1n) is 5.71. The van der Waals surface area contributed by atoms with Crippen LogP contribution in [0, 0.1) is 0 Å². The number of unbranched alkanes of at least 4 members (excludes halogenated alkanes) is 2. The third-order valence-electron chi connectivity index (χ3n) is 2.85. The van der Waals surface area contributed by atoms with Gasteiger partial charge in [0.25, 0.3) is 0 Å². The third kappa shape index (κ3) is 2.88. The van der Waals surface area contributed by atoms with Gasteiger partial charge < -0.3 is 4.74 Å². The summed E-state index contributed by atoms with van der Waals surface area (Å²) in [5.41, 5.74) is 2.82. The SMILES string of the molecule is ClCCCCCc1ccc2c(c1)CCO2. The molecule has 0 bridgehead atoms. The van der Waals surface area contributed by atoms with E-state index in [0.717, 1.165) is 31.1 Å². The van der Waals surface area contributed by atoms with Crippen LogP contribution in [0.25, 0.3) is 0 Å². The first kappa shape index (κ1) is 10.8. The van der Waals surface area contributed by atoms with Crippen LogP contribution in [0.5, 0.6) is 5.75 Å². The summed E-state index contributed by atoms with van der Waals surface area (Å²) in [6, 6.07) is 6.59. The van der Waals surface area contributed by atoms with Gasteiger partial charge in [-0.1, -0.05) is 18.6 Å². The smallest absolute Gasteiger partial charge is 0.122 e. The van der Waals surface area contributed by atoms with Gasteiger partial charge in [0.05, 0.1) is 6.61 Å². The Morgan fingerprint density at radius 2 is 2.13 bits per heavy atom. The molecule has 1 aliphatic rings. The molecule has 15 heavy (non-hydrogen) atoms. The normalized spacial score (nSPS) is 13.7. The van der Waals surface area contributed by atoms with Gasteiger partial charge in [0.2, 0.25) is 0 Å². The maximum absolute atomic E-state index is 5.64. The van der Waals surface area contributed by atoms with E-state index in [-0.39, 0.29) is 0 Å². The Bertz CT molecular complexity index is 322. The average molecular weight is 225 g/mol. The molecule has 0 saturated heterocycles. The van der Waals surface area contributed by atoms with Crippen LogP contribution in [0.15, 0.2) is 18.2 Å². The van der Waals surface area contributed by atoms with Gasteiger partial charge in [0.15, 0.2) is 0 Å². The Kier molecular flexibility index (Phi) is 3.90. The number of hydrogen-bond donors (Lipinski definition) is 0. The summed E-state index contributed by atoms with van der Waals surface area (Å²) in [6.45, 7) is 0.852. The van der Waals surface area contributed by atoms with E-state index in [2.05, 4.69) is 18.2 Å². The average Bonchev–Trinajstić information content (AvgIpc) is 2.71. The number of aryl methyl sites for hydroxylation is 1. The van der Waals surface area contributed by atoms with Crippen LogP contribution in [-0.2, 0) is 12.8 Å². The fourth-order valence-electron chi connectivity index (χ4n) is 2.00. The highest BCUT2D eigenvalue weighted by molar-refractivity contribution is 6.17. The van der Waals surface area contributed by atoms with Crippen LogP contribution >= 0.6 is 11.6 Å². The molecule has 1 nitrogen and oxygen atoms in total. The summed E-state index contributed by atoms with van der Waals surface area (Å²) in [5.74, 6) is 1.87. The largest absolute Gasteiger partial charge is 0.493 e. The van der Waals surface area contributed by atoms with Gasteiger partial charge in [0.1, 0.15) is 5.75 Å². The third-order valence-corrected chi connectivity index (χ3v) is 3.12. The van der Waals surface area contributed by atoms with Gasteiger partial charge in [-0.15, -0.1) is 11.6 Å². The molecule has 0 atom stereocenters. The highest BCUT2D eigenvalue weighted by atomic mass is 35.5. The maximum Gasteiger partial charge on any atom is 0.122 e. The molecule has 0 radical (unpaired) electrons. The molecule has 0 spiro atoms. The number of benzene rings is 1. The Morgan fingerprint density at radius 1 is 1.20 bits per heavy atom. The minimum Gasteiger partial charge on any atom is -0.493 e. The number of ether oxygens (including phenoxy) is 1. The minimum atomic E-state index is 0.790. The van der Waals surface area contributed by atoms with E-state index in [4.69, 9.17) is 16.3 Å². The zero-order valence-corrected chi connectivity index (χ0v) is 9.72. The van der Waals surface area contributed by atoms with Crippen molar-refractivity contribution in [2.75, 3.05) is 12.5 Å². The van der Waals surface area contributed by atoms with Gasteiger partial charge in [-0.2, -0.15) is 0 Å². The van der Waals surface area contributed by atoms with Crippen LogP contribution in [0.4, 0.5) is 0 Å². The zero-order chi connectivity index (χ0) is 10.5. The molecule has 0 unspecified atom stereocenters. The molecule has 0 saturated carbocycles. The fraction of sp³-hybridized carbons (Fsp3) is 0.538. The Morgan fingerprint density at radius 3 is 3.00 bits per heavy atom. The van der Waals surface area contributed by atoms with Gasteiger partial charge >= 0.3 is 0 Å². The zero-order valence-electron chi connectivity index (χ0n) is 8.97. The maximum atomic E-state index is 5.64. The molecule has 1 heterocycles. The molecule has 0 fully saturated rings. The molecule has 2 heteroatoms. The number of halogens is 1. The van der Waals surface area contributed by atoms with Crippen LogP contribution in [0.3, 0.4) is 0 Å². The van der Waals surface area contributed by atoms with E-state index in [0.29, 0.717) is 0 Å². The van der Waals surface area contributed by atoms with Crippen LogP contribution in [-0.4, -0.2) is 12.5 Å². The molecule has 0 aliphatic carbocycles. The van der Waals surface area contributed by atoms with Crippen molar-refractivity contribution in [3.8, 4) is 5.75 Å². The lowest BCUT2D eigenvalue weighted by Gasteiger charge is -2.03. The Balaban J connectivity index is 1.87. The molecular formula is C13H17ClO. The number of rotatable bonds is 5. The lowest BCUT2D eigenvalue weighted by molar-refractivity contribution is 0.357. The van der Waals surface area contributed by atoms with E-state index in [1.807, 2.05) is 0 Å².